The summed E-state index contributed by atoms with van der Waals surface area (Å²) < 4.78 is 23.3. The molecule has 0 bridgehead atoms. The minimum Gasteiger partial charge on any atom is -0.456 e. The van der Waals surface area contributed by atoms with E-state index in [1.807, 2.05) is 30.3 Å². The lowest BCUT2D eigenvalue weighted by molar-refractivity contribution is 0.669. The summed E-state index contributed by atoms with van der Waals surface area (Å²) >= 11 is 0. The Morgan fingerprint density at radius 2 is 1.09 bits per heavy atom. The van der Waals surface area contributed by atoms with Gasteiger partial charge >= 0.3 is 0 Å². The zero-order valence-electron chi connectivity index (χ0n) is 26.0. The quantitative estimate of drug-likeness (QED) is 0.195. The Labute approximate surface area is 262 Å². The van der Waals surface area contributed by atoms with Gasteiger partial charge < -0.3 is 4.42 Å². The number of para-hydroxylation sites is 1. The fourth-order valence-electron chi connectivity index (χ4n) is 6.25. The number of rotatable bonds is 4. The van der Waals surface area contributed by atoms with E-state index >= 15 is 0 Å². The van der Waals surface area contributed by atoms with Gasteiger partial charge in [-0.15, -0.1) is 0 Å². The molecule has 2 aromatic heterocycles. The Morgan fingerprint density at radius 1 is 0.444 bits per heavy atom. The van der Waals surface area contributed by atoms with Crippen LogP contribution in [0.25, 0.3) is 88.8 Å². The van der Waals surface area contributed by atoms with Crippen molar-refractivity contribution in [3.05, 3.63) is 152 Å². The summed E-state index contributed by atoms with van der Waals surface area (Å²) in [4.78, 5) is 14.8. The molecular weight excluding hydrogens is 550 g/mol. The van der Waals surface area contributed by atoms with Crippen LogP contribution < -0.4 is 0 Å². The minimum absolute atomic E-state index is 0.269. The maximum atomic E-state index is 8.97. The lowest BCUT2D eigenvalue weighted by Crippen LogP contribution is -2.00. The average molecular weight is 578 g/mol. The van der Waals surface area contributed by atoms with E-state index < -0.39 is 0 Å². The van der Waals surface area contributed by atoms with Crippen LogP contribution in [0, 0.1) is 0 Å². The third-order valence-corrected chi connectivity index (χ3v) is 8.39. The number of hydrogen-bond donors (Lipinski definition) is 0. The van der Waals surface area contributed by atoms with Crippen molar-refractivity contribution in [3.8, 4) is 45.3 Å². The van der Waals surface area contributed by atoms with Crippen LogP contribution in [0.4, 0.5) is 0 Å². The molecule has 2 heterocycles. The van der Waals surface area contributed by atoms with Crippen molar-refractivity contribution in [2.45, 2.75) is 0 Å². The first-order valence-electron chi connectivity index (χ1n) is 15.9. The van der Waals surface area contributed by atoms with Gasteiger partial charge in [-0.3, -0.25) is 0 Å². The zero-order valence-corrected chi connectivity index (χ0v) is 24.0. The fourth-order valence-corrected chi connectivity index (χ4v) is 6.25. The van der Waals surface area contributed by atoms with Gasteiger partial charge in [0, 0.05) is 27.5 Å². The Balaban J connectivity index is 1.23. The molecule has 4 heteroatoms. The third-order valence-electron chi connectivity index (χ3n) is 8.39. The number of fused-ring (bicyclic) bond motifs is 6. The van der Waals surface area contributed by atoms with Crippen LogP contribution >= 0.6 is 0 Å². The first-order chi connectivity index (χ1) is 23.1. The van der Waals surface area contributed by atoms with Gasteiger partial charge in [0.15, 0.2) is 17.5 Å². The van der Waals surface area contributed by atoms with Gasteiger partial charge in [-0.25, -0.2) is 15.0 Å². The molecule has 0 aliphatic carbocycles. The normalized spacial score (nSPS) is 12.2. The molecule has 0 fully saturated rings. The van der Waals surface area contributed by atoms with Crippen LogP contribution in [0.3, 0.4) is 0 Å². The van der Waals surface area contributed by atoms with Crippen molar-refractivity contribution in [2.75, 3.05) is 0 Å². The largest absolute Gasteiger partial charge is 0.456 e. The second-order valence-electron chi connectivity index (χ2n) is 11.1. The maximum absolute atomic E-state index is 8.97. The summed E-state index contributed by atoms with van der Waals surface area (Å²) in [6.07, 6.45) is 0. The number of nitrogens with zero attached hydrogens (tertiary/aromatic N) is 3. The molecule has 0 amide bonds. The van der Waals surface area contributed by atoms with Crippen LogP contribution in [0.2, 0.25) is 0 Å². The first-order valence-corrected chi connectivity index (χ1v) is 14.9. The molecule has 0 saturated heterocycles. The minimum atomic E-state index is 0.269. The fraction of sp³-hybridized carbons (Fsp3) is 0. The highest BCUT2D eigenvalue weighted by Crippen LogP contribution is 2.38. The van der Waals surface area contributed by atoms with Crippen molar-refractivity contribution >= 4 is 43.5 Å². The predicted molar refractivity (Wildman–Crippen MR) is 184 cm³/mol. The van der Waals surface area contributed by atoms with Crippen molar-refractivity contribution < 1.29 is 7.16 Å². The Morgan fingerprint density at radius 3 is 1.91 bits per heavy atom. The van der Waals surface area contributed by atoms with Gasteiger partial charge in [0.1, 0.15) is 11.2 Å². The van der Waals surface area contributed by atoms with Crippen LogP contribution in [-0.4, -0.2) is 15.0 Å². The van der Waals surface area contributed by atoms with Crippen molar-refractivity contribution in [2.24, 2.45) is 0 Å². The van der Waals surface area contributed by atoms with E-state index in [9.17, 15) is 0 Å². The van der Waals surface area contributed by atoms with Gasteiger partial charge in [0.25, 0.3) is 0 Å². The second-order valence-corrected chi connectivity index (χ2v) is 11.1. The summed E-state index contributed by atoms with van der Waals surface area (Å²) in [7, 11) is 0. The number of benzene rings is 7. The summed E-state index contributed by atoms with van der Waals surface area (Å²) in [5.74, 6) is 1.40. The molecule has 9 rings (SSSR count). The van der Waals surface area contributed by atoms with Gasteiger partial charge in [-0.1, -0.05) is 133 Å². The maximum Gasteiger partial charge on any atom is 0.164 e. The van der Waals surface area contributed by atoms with Gasteiger partial charge in [-0.05, 0) is 50.9 Å². The van der Waals surface area contributed by atoms with Gasteiger partial charge in [0.2, 0.25) is 0 Å². The standard InChI is InChI=1S/C41H25N3O/c1-2-11-27(12-3-1)39-42-40(44-41(43-39)34-18-10-20-37-38(34)33-17-8-9-19-36(33)45-37)28-23-21-26(22-24-28)35-25-29-13-4-5-14-30(29)31-15-6-7-16-32(31)35/h1-25H/i8D,18D. The molecule has 45 heavy (non-hydrogen) atoms. The smallest absolute Gasteiger partial charge is 0.164 e. The lowest BCUT2D eigenvalue weighted by atomic mass is 9.93. The molecule has 0 saturated carbocycles. The molecule has 0 unspecified atom stereocenters. The molecular formula is C41H25N3O. The van der Waals surface area contributed by atoms with Crippen molar-refractivity contribution in [1.29, 1.82) is 0 Å². The van der Waals surface area contributed by atoms with E-state index in [1.165, 1.54) is 27.1 Å². The highest BCUT2D eigenvalue weighted by molar-refractivity contribution is 6.14. The third kappa shape index (κ3) is 4.27. The van der Waals surface area contributed by atoms with E-state index in [0.717, 1.165) is 27.5 Å². The van der Waals surface area contributed by atoms with E-state index in [1.54, 1.807) is 30.3 Å². The molecule has 9 aromatic rings. The molecule has 210 valence electrons. The van der Waals surface area contributed by atoms with E-state index in [4.69, 9.17) is 22.1 Å². The second kappa shape index (κ2) is 10.2. The Bertz CT molecular complexity index is 2650. The molecule has 0 spiro atoms. The summed E-state index contributed by atoms with van der Waals surface area (Å²) in [6.45, 7) is 0. The highest BCUT2D eigenvalue weighted by Gasteiger charge is 2.18. The van der Waals surface area contributed by atoms with Gasteiger partial charge in [-0.2, -0.15) is 0 Å². The monoisotopic (exact) mass is 577 g/mol. The molecule has 0 aliphatic heterocycles. The predicted octanol–water partition coefficient (Wildman–Crippen LogP) is 10.7. The van der Waals surface area contributed by atoms with E-state index in [-0.39, 0.29) is 6.04 Å². The average Bonchev–Trinajstić information content (AvgIpc) is 3.49. The van der Waals surface area contributed by atoms with Crippen LogP contribution in [0.15, 0.2) is 156 Å². The first kappa shape index (κ1) is 23.3. The molecule has 4 nitrogen and oxygen atoms in total. The molecule has 0 radical (unpaired) electrons. The van der Waals surface area contributed by atoms with E-state index in [0.29, 0.717) is 40.2 Å². The number of aromatic nitrogens is 3. The van der Waals surface area contributed by atoms with Gasteiger partial charge in [0.05, 0.1) is 2.74 Å². The number of furan rings is 1. The SMILES string of the molecule is [2H]c1ccc2oc3ccc([2H])c(-c4nc(-c5ccccc5)nc(-c5ccc(-c6cc7ccccc7c7ccccc67)cc5)n4)c3c2c1. The summed E-state index contributed by atoms with van der Waals surface area (Å²) in [5.41, 5.74) is 5.77. The highest BCUT2D eigenvalue weighted by atomic mass is 16.3. The molecule has 0 aliphatic rings. The lowest BCUT2D eigenvalue weighted by Gasteiger charge is -2.12. The molecule has 0 N–H and O–H groups in total. The Kier molecular flexibility index (Phi) is 5.32. The topological polar surface area (TPSA) is 51.8 Å². The van der Waals surface area contributed by atoms with Crippen LogP contribution in [0.1, 0.15) is 2.74 Å². The van der Waals surface area contributed by atoms with Crippen LogP contribution in [-0.2, 0) is 0 Å². The molecule has 7 aromatic carbocycles. The zero-order chi connectivity index (χ0) is 31.5. The molecule has 0 atom stereocenters. The van der Waals surface area contributed by atoms with Crippen molar-refractivity contribution in [1.82, 2.24) is 15.0 Å². The summed E-state index contributed by atoms with van der Waals surface area (Å²) in [6, 6.07) is 46.8. The summed E-state index contributed by atoms with van der Waals surface area (Å²) in [5, 5.41) is 6.34. The van der Waals surface area contributed by atoms with Crippen LogP contribution in [0.5, 0.6) is 0 Å². The van der Waals surface area contributed by atoms with E-state index in [2.05, 4.69) is 78.9 Å². The number of hydrogen-bond acceptors (Lipinski definition) is 4. The Hall–Kier alpha value is -6.13. The van der Waals surface area contributed by atoms with Crippen molar-refractivity contribution in [3.63, 3.8) is 0 Å².